The van der Waals surface area contributed by atoms with Gasteiger partial charge in [-0.2, -0.15) is 4.31 Å². The summed E-state index contributed by atoms with van der Waals surface area (Å²) in [5.74, 6) is -0.387. The van der Waals surface area contributed by atoms with Crippen molar-refractivity contribution < 1.29 is 13.2 Å². The maximum Gasteiger partial charge on any atom is 0.243 e. The van der Waals surface area contributed by atoms with Crippen molar-refractivity contribution in [3.63, 3.8) is 0 Å². The number of sulfonamides is 1. The Bertz CT molecular complexity index is 988. The molecule has 0 aliphatic carbocycles. The van der Waals surface area contributed by atoms with Crippen LogP contribution in [-0.4, -0.2) is 49.7 Å². The second-order valence-electron chi connectivity index (χ2n) is 8.49. The van der Waals surface area contributed by atoms with E-state index in [0.29, 0.717) is 25.9 Å². The highest BCUT2D eigenvalue weighted by Crippen LogP contribution is 2.24. The number of likely N-dealkylation sites (tertiary alicyclic amines) is 1. The van der Waals surface area contributed by atoms with Gasteiger partial charge in [-0.15, -0.1) is 0 Å². The van der Waals surface area contributed by atoms with E-state index in [0.717, 1.165) is 25.2 Å². The van der Waals surface area contributed by atoms with E-state index in [1.165, 1.54) is 22.7 Å². The van der Waals surface area contributed by atoms with Crippen LogP contribution in [-0.2, 0) is 27.9 Å². The van der Waals surface area contributed by atoms with Gasteiger partial charge in [0.25, 0.3) is 0 Å². The van der Waals surface area contributed by atoms with Gasteiger partial charge in [-0.1, -0.05) is 42.5 Å². The van der Waals surface area contributed by atoms with E-state index in [4.69, 9.17) is 0 Å². The first-order valence-electron chi connectivity index (χ1n) is 11.2. The number of carbonyl (C=O) groups excluding carboxylic acids is 1. The zero-order chi connectivity index (χ0) is 21.7. The van der Waals surface area contributed by atoms with Gasteiger partial charge in [0, 0.05) is 26.2 Å². The second kappa shape index (κ2) is 9.94. The zero-order valence-corrected chi connectivity index (χ0v) is 18.7. The molecule has 2 fully saturated rings. The highest BCUT2D eigenvalue weighted by molar-refractivity contribution is 7.89. The van der Waals surface area contributed by atoms with Crippen LogP contribution in [0.25, 0.3) is 0 Å². The molecule has 0 radical (unpaired) electrons. The van der Waals surface area contributed by atoms with Crippen LogP contribution in [0.3, 0.4) is 0 Å². The Kier molecular flexibility index (Phi) is 7.05. The van der Waals surface area contributed by atoms with Gasteiger partial charge in [0.05, 0.1) is 10.8 Å². The maximum atomic E-state index is 12.9. The van der Waals surface area contributed by atoms with Gasteiger partial charge >= 0.3 is 0 Å². The van der Waals surface area contributed by atoms with Gasteiger partial charge in [0.2, 0.25) is 15.9 Å². The molecule has 4 rings (SSSR count). The van der Waals surface area contributed by atoms with Crippen LogP contribution in [0.1, 0.15) is 36.8 Å². The molecule has 2 aliphatic rings. The van der Waals surface area contributed by atoms with Crippen LogP contribution in [0.5, 0.6) is 0 Å². The molecule has 2 aromatic rings. The van der Waals surface area contributed by atoms with Crippen LogP contribution in [0.2, 0.25) is 0 Å². The minimum Gasteiger partial charge on any atom is -0.352 e. The van der Waals surface area contributed by atoms with Gasteiger partial charge in [0.15, 0.2) is 0 Å². The standard InChI is InChI=1S/C24H31N3O3S/c28-24(25-17-20-9-4-5-10-21(20)18-26-14-6-7-15-26)22-11-8-16-27(19-22)31(29,30)23-12-2-1-3-13-23/h1-5,9-10,12-13,22H,6-8,11,14-19H2,(H,25,28)/t22-/m0/s1. The Labute approximate surface area is 185 Å². The van der Waals surface area contributed by atoms with Crippen molar-refractivity contribution in [1.82, 2.24) is 14.5 Å². The highest BCUT2D eigenvalue weighted by atomic mass is 32.2. The average Bonchev–Trinajstić information content (AvgIpc) is 3.32. The fraction of sp³-hybridized carbons (Fsp3) is 0.458. The summed E-state index contributed by atoms with van der Waals surface area (Å²) in [6.45, 7) is 4.35. The van der Waals surface area contributed by atoms with Gasteiger partial charge in [-0.3, -0.25) is 9.69 Å². The monoisotopic (exact) mass is 441 g/mol. The normalized spacial score (nSPS) is 20.6. The van der Waals surface area contributed by atoms with E-state index < -0.39 is 10.0 Å². The summed E-state index contributed by atoms with van der Waals surface area (Å²) in [4.78, 5) is 15.6. The third kappa shape index (κ3) is 5.34. The molecule has 1 amide bonds. The molecule has 166 valence electrons. The van der Waals surface area contributed by atoms with E-state index in [1.54, 1.807) is 30.3 Å². The number of amides is 1. The summed E-state index contributed by atoms with van der Waals surface area (Å²) in [7, 11) is -3.57. The number of nitrogens with zero attached hydrogens (tertiary/aromatic N) is 2. The molecule has 1 atom stereocenters. The predicted octanol–water partition coefficient (Wildman–Crippen LogP) is 3.00. The fourth-order valence-corrected chi connectivity index (χ4v) is 6.05. The van der Waals surface area contributed by atoms with Gasteiger partial charge in [-0.05, 0) is 62.0 Å². The molecule has 0 saturated carbocycles. The number of hydrogen-bond acceptors (Lipinski definition) is 4. The lowest BCUT2D eigenvalue weighted by molar-refractivity contribution is -0.126. The molecular weight excluding hydrogens is 410 g/mol. The fourth-order valence-electron chi connectivity index (χ4n) is 4.51. The minimum atomic E-state index is -3.57. The third-order valence-corrected chi connectivity index (χ3v) is 8.18. The van der Waals surface area contributed by atoms with Gasteiger partial charge < -0.3 is 5.32 Å². The molecule has 7 heteroatoms. The van der Waals surface area contributed by atoms with E-state index in [9.17, 15) is 13.2 Å². The lowest BCUT2D eigenvalue weighted by Crippen LogP contribution is -2.45. The Morgan fingerprint density at radius 2 is 1.58 bits per heavy atom. The number of piperidine rings is 1. The molecule has 0 aromatic heterocycles. The van der Waals surface area contributed by atoms with E-state index in [2.05, 4.69) is 22.3 Å². The highest BCUT2D eigenvalue weighted by Gasteiger charge is 2.33. The molecule has 0 bridgehead atoms. The average molecular weight is 442 g/mol. The number of nitrogens with one attached hydrogen (secondary N) is 1. The quantitative estimate of drug-likeness (QED) is 0.717. The van der Waals surface area contributed by atoms with Crippen LogP contribution in [0.15, 0.2) is 59.5 Å². The number of benzene rings is 2. The molecule has 2 saturated heterocycles. The molecule has 2 aromatic carbocycles. The predicted molar refractivity (Wildman–Crippen MR) is 121 cm³/mol. The minimum absolute atomic E-state index is 0.0658. The molecule has 31 heavy (non-hydrogen) atoms. The van der Waals surface area contributed by atoms with Crippen molar-refractivity contribution >= 4 is 15.9 Å². The SMILES string of the molecule is O=C(NCc1ccccc1CN1CCCC1)[C@H]1CCCN(S(=O)(=O)c2ccccc2)C1. The summed E-state index contributed by atoms with van der Waals surface area (Å²) in [5, 5.41) is 3.07. The second-order valence-corrected chi connectivity index (χ2v) is 10.4. The molecule has 0 unspecified atom stereocenters. The number of hydrogen-bond donors (Lipinski definition) is 1. The van der Waals surface area contributed by atoms with Crippen molar-refractivity contribution in [3.05, 3.63) is 65.7 Å². The van der Waals surface area contributed by atoms with E-state index >= 15 is 0 Å². The third-order valence-electron chi connectivity index (χ3n) is 6.30. The first-order valence-corrected chi connectivity index (χ1v) is 12.6. The largest absolute Gasteiger partial charge is 0.352 e. The summed E-state index contributed by atoms with van der Waals surface area (Å²) in [6, 6.07) is 16.7. The topological polar surface area (TPSA) is 69.7 Å². The van der Waals surface area contributed by atoms with E-state index in [1.807, 2.05) is 12.1 Å². The van der Waals surface area contributed by atoms with Crippen molar-refractivity contribution in [1.29, 1.82) is 0 Å². The Morgan fingerprint density at radius 3 is 2.32 bits per heavy atom. The maximum absolute atomic E-state index is 12.9. The molecule has 6 nitrogen and oxygen atoms in total. The summed E-state index contributed by atoms with van der Waals surface area (Å²) in [5.41, 5.74) is 2.38. The number of rotatable bonds is 7. The smallest absolute Gasteiger partial charge is 0.243 e. The molecule has 2 heterocycles. The lowest BCUT2D eigenvalue weighted by Gasteiger charge is -2.31. The molecule has 2 aliphatic heterocycles. The van der Waals surface area contributed by atoms with Crippen molar-refractivity contribution in [3.8, 4) is 0 Å². The van der Waals surface area contributed by atoms with Crippen molar-refractivity contribution in [2.75, 3.05) is 26.2 Å². The molecule has 1 N–H and O–H groups in total. The first kappa shape index (κ1) is 22.0. The van der Waals surface area contributed by atoms with Gasteiger partial charge in [0.1, 0.15) is 0 Å². The van der Waals surface area contributed by atoms with Crippen molar-refractivity contribution in [2.24, 2.45) is 5.92 Å². The van der Waals surface area contributed by atoms with Crippen LogP contribution >= 0.6 is 0 Å². The van der Waals surface area contributed by atoms with Crippen molar-refractivity contribution in [2.45, 2.75) is 43.7 Å². The van der Waals surface area contributed by atoms with E-state index in [-0.39, 0.29) is 23.3 Å². The lowest BCUT2D eigenvalue weighted by atomic mass is 9.98. The van der Waals surface area contributed by atoms with Crippen LogP contribution < -0.4 is 5.32 Å². The Hall–Kier alpha value is -2.22. The molecular formula is C24H31N3O3S. The Balaban J connectivity index is 1.37. The summed E-state index contributed by atoms with van der Waals surface area (Å²) >= 11 is 0. The summed E-state index contributed by atoms with van der Waals surface area (Å²) < 4.78 is 27.3. The summed E-state index contributed by atoms with van der Waals surface area (Å²) in [6.07, 6.45) is 3.91. The molecule has 0 spiro atoms. The van der Waals surface area contributed by atoms with Crippen LogP contribution in [0.4, 0.5) is 0 Å². The van der Waals surface area contributed by atoms with Gasteiger partial charge in [-0.25, -0.2) is 8.42 Å². The van der Waals surface area contributed by atoms with Crippen LogP contribution in [0, 0.1) is 5.92 Å². The first-order chi connectivity index (χ1) is 15.0. The number of carbonyl (C=O) groups is 1. The Morgan fingerprint density at radius 1 is 0.903 bits per heavy atom. The zero-order valence-electron chi connectivity index (χ0n) is 17.9.